The summed E-state index contributed by atoms with van der Waals surface area (Å²) in [4.78, 5) is 29.4. The van der Waals surface area contributed by atoms with Crippen molar-refractivity contribution < 1.29 is 39.1 Å². The summed E-state index contributed by atoms with van der Waals surface area (Å²) in [6.45, 7) is 7.19. The molecule has 2 saturated carbocycles. The van der Waals surface area contributed by atoms with E-state index in [2.05, 4.69) is 11.1 Å². The fraction of sp³-hybridized carbons (Fsp3) is 0.576. The Bertz CT molecular complexity index is 1410. The number of ether oxygens (including phenoxy) is 3. The van der Waals surface area contributed by atoms with Crippen molar-refractivity contribution in [2.24, 2.45) is 41.4 Å². The molecule has 0 saturated heterocycles. The van der Waals surface area contributed by atoms with E-state index in [9.17, 15) is 24.9 Å². The Kier molecular flexibility index (Phi) is 7.96. The van der Waals surface area contributed by atoms with Crippen LogP contribution in [0.1, 0.15) is 44.6 Å². The lowest BCUT2D eigenvalue weighted by atomic mass is 9.46. The highest BCUT2D eigenvalue weighted by atomic mass is 32.1. The number of allylic oxidation sites excluding steroid dienone is 1. The van der Waals surface area contributed by atoms with Crippen LogP contribution in [0.2, 0.25) is 0 Å². The average Bonchev–Trinajstić information content (AvgIpc) is 3.70. The maximum atomic E-state index is 13.3. The minimum Gasteiger partial charge on any atom is -0.457 e. The van der Waals surface area contributed by atoms with E-state index in [4.69, 9.17) is 14.2 Å². The van der Waals surface area contributed by atoms with Gasteiger partial charge in [-0.3, -0.25) is 0 Å². The van der Waals surface area contributed by atoms with Gasteiger partial charge in [-0.15, -0.1) is 0 Å². The van der Waals surface area contributed by atoms with E-state index in [1.807, 2.05) is 49.7 Å². The smallest absolute Gasteiger partial charge is 0.355 e. The Labute approximate surface area is 255 Å². The molecule has 2 fully saturated rings. The first-order valence-corrected chi connectivity index (χ1v) is 16.0. The quantitative estimate of drug-likeness (QED) is 0.295. The van der Waals surface area contributed by atoms with Crippen LogP contribution >= 0.6 is 11.3 Å². The van der Waals surface area contributed by atoms with Crippen LogP contribution < -0.4 is 0 Å². The summed E-state index contributed by atoms with van der Waals surface area (Å²) in [7, 11) is 1.43. The SMILES string of the molecule is CO[C@H]1CC2C=C[C@H]3[C@H]4C([C@H]3[C@]2(O)/C(C)=C/[C@@H](C)[C@@H](C(C)O)OC1=O)[C@H](O)[C@@H](C)[C@H]4OC(=O)c1cc(-c2ccsc2)c[nH]1. The van der Waals surface area contributed by atoms with E-state index in [-0.39, 0.29) is 41.9 Å². The summed E-state index contributed by atoms with van der Waals surface area (Å²) in [5.41, 5.74) is 1.59. The average molecular weight is 612 g/mol. The topological polar surface area (TPSA) is 138 Å². The Balaban J connectivity index is 1.31. The van der Waals surface area contributed by atoms with Crippen molar-refractivity contribution in [2.75, 3.05) is 7.11 Å². The molecule has 0 amide bonds. The molecular weight excluding hydrogens is 570 g/mol. The first kappa shape index (κ1) is 30.3. The molecule has 43 heavy (non-hydrogen) atoms. The first-order chi connectivity index (χ1) is 20.5. The lowest BCUT2D eigenvalue weighted by molar-refractivity contribution is -0.186. The predicted octanol–water partition coefficient (Wildman–Crippen LogP) is 3.97. The van der Waals surface area contributed by atoms with Crippen LogP contribution in [0.3, 0.4) is 0 Å². The van der Waals surface area contributed by atoms with E-state index >= 15 is 0 Å². The van der Waals surface area contributed by atoms with Crippen LogP contribution in [0, 0.1) is 41.4 Å². The summed E-state index contributed by atoms with van der Waals surface area (Å²) in [6.07, 6.45) is 3.85. The second kappa shape index (κ2) is 11.3. The van der Waals surface area contributed by atoms with Crippen LogP contribution in [0.15, 0.2) is 52.9 Å². The Hall–Kier alpha value is -2.76. The zero-order valence-corrected chi connectivity index (χ0v) is 25.9. The predicted molar refractivity (Wildman–Crippen MR) is 160 cm³/mol. The number of hydrogen-bond acceptors (Lipinski definition) is 9. The van der Waals surface area contributed by atoms with Crippen LogP contribution in [0.4, 0.5) is 0 Å². The largest absolute Gasteiger partial charge is 0.457 e. The summed E-state index contributed by atoms with van der Waals surface area (Å²) < 4.78 is 17.3. The fourth-order valence-corrected chi connectivity index (χ4v) is 9.07. The van der Waals surface area contributed by atoms with Gasteiger partial charge in [-0.25, -0.2) is 9.59 Å². The Morgan fingerprint density at radius 1 is 1.23 bits per heavy atom. The number of aliphatic hydroxyl groups is 3. The summed E-state index contributed by atoms with van der Waals surface area (Å²) in [5, 5.41) is 38.6. The van der Waals surface area contributed by atoms with Crippen molar-refractivity contribution in [1.29, 1.82) is 0 Å². The summed E-state index contributed by atoms with van der Waals surface area (Å²) in [5.74, 6) is -3.23. The molecule has 6 rings (SSSR count). The number of fused-ring (bicyclic) bond motifs is 6. The maximum absolute atomic E-state index is 13.3. The Morgan fingerprint density at radius 3 is 2.67 bits per heavy atom. The monoisotopic (exact) mass is 611 g/mol. The van der Waals surface area contributed by atoms with Gasteiger partial charge in [0.1, 0.15) is 17.9 Å². The minimum absolute atomic E-state index is 0.143. The van der Waals surface area contributed by atoms with Crippen molar-refractivity contribution in [2.45, 2.75) is 70.2 Å². The summed E-state index contributed by atoms with van der Waals surface area (Å²) >= 11 is 1.58. The number of H-pyrrole nitrogens is 1. The maximum Gasteiger partial charge on any atom is 0.355 e. The van der Waals surface area contributed by atoms with Gasteiger partial charge in [0.2, 0.25) is 0 Å². The highest BCUT2D eigenvalue weighted by molar-refractivity contribution is 7.08. The van der Waals surface area contributed by atoms with Crippen molar-refractivity contribution in [3.63, 3.8) is 0 Å². The lowest BCUT2D eigenvalue weighted by Crippen LogP contribution is -2.65. The molecule has 1 aliphatic heterocycles. The number of aromatic amines is 1. The molecule has 13 atom stereocenters. The number of rotatable bonds is 5. The molecule has 0 radical (unpaired) electrons. The van der Waals surface area contributed by atoms with Gasteiger partial charge < -0.3 is 34.5 Å². The van der Waals surface area contributed by atoms with E-state index < -0.39 is 54.0 Å². The molecule has 0 spiro atoms. The van der Waals surface area contributed by atoms with Gasteiger partial charge in [0.05, 0.1) is 17.8 Å². The number of carbonyl (C=O) groups is 2. The van der Waals surface area contributed by atoms with Gasteiger partial charge in [-0.2, -0.15) is 11.3 Å². The molecule has 232 valence electrons. The van der Waals surface area contributed by atoms with Crippen molar-refractivity contribution in [1.82, 2.24) is 4.98 Å². The molecule has 3 aliphatic carbocycles. The number of aliphatic hydroxyl groups excluding tert-OH is 2. The molecule has 0 aromatic carbocycles. The zero-order valence-electron chi connectivity index (χ0n) is 25.0. The molecule has 2 aromatic heterocycles. The third-order valence-electron chi connectivity index (χ3n) is 10.6. The van der Waals surface area contributed by atoms with E-state index in [1.165, 1.54) is 7.11 Å². The second-order valence-electron chi connectivity index (χ2n) is 12.9. The molecule has 3 heterocycles. The molecule has 2 aromatic rings. The molecule has 0 bridgehead atoms. The first-order valence-electron chi connectivity index (χ1n) is 15.1. The highest BCUT2D eigenvalue weighted by Gasteiger charge is 2.71. The van der Waals surface area contributed by atoms with Gasteiger partial charge in [-0.1, -0.05) is 32.1 Å². The third kappa shape index (κ3) is 4.82. The number of esters is 2. The van der Waals surface area contributed by atoms with Gasteiger partial charge in [-0.05, 0) is 66.1 Å². The number of hydrogen-bond donors (Lipinski definition) is 4. The standard InChI is InChI=1S/C33H41NO8S/c1-15-10-16(2)33(39)21(12-24(40-5)32(38)41-29(15)18(4)35)6-7-22-25-26(27(22)33)28(36)17(3)30(25)42-31(37)23-11-20(13-34-23)19-8-9-43-14-19/h6-11,13-15,17-18,21-22,24-30,34-36,39H,12H2,1-5H3/b16-10+/t15-,17-,18?,21?,22+,24+,25+,26?,27+,28-,29+,30-,33+/m1/s1. The van der Waals surface area contributed by atoms with Crippen molar-refractivity contribution in [3.8, 4) is 11.1 Å². The normalized spacial score (nSPS) is 42.4. The third-order valence-corrected chi connectivity index (χ3v) is 11.3. The van der Waals surface area contributed by atoms with Gasteiger partial charge in [0, 0.05) is 48.5 Å². The summed E-state index contributed by atoms with van der Waals surface area (Å²) in [6, 6.07) is 3.77. The number of nitrogens with one attached hydrogen (secondary N) is 1. The minimum atomic E-state index is -1.39. The van der Waals surface area contributed by atoms with Crippen molar-refractivity contribution >= 4 is 23.3 Å². The van der Waals surface area contributed by atoms with Crippen LogP contribution in [0.25, 0.3) is 11.1 Å². The van der Waals surface area contributed by atoms with Gasteiger partial charge in [0.15, 0.2) is 6.10 Å². The lowest BCUT2D eigenvalue weighted by Gasteiger charge is -2.61. The van der Waals surface area contributed by atoms with Crippen LogP contribution in [0.5, 0.6) is 0 Å². The number of cyclic esters (lactones) is 1. The van der Waals surface area contributed by atoms with Crippen LogP contribution in [-0.2, 0) is 19.0 Å². The Morgan fingerprint density at radius 2 is 2.00 bits per heavy atom. The zero-order chi connectivity index (χ0) is 30.8. The van der Waals surface area contributed by atoms with E-state index in [1.54, 1.807) is 30.5 Å². The van der Waals surface area contributed by atoms with Crippen molar-refractivity contribution in [3.05, 3.63) is 58.6 Å². The molecule has 3 unspecified atom stereocenters. The number of thiophene rings is 1. The molecule has 4 N–H and O–H groups in total. The molecule has 9 nitrogen and oxygen atoms in total. The van der Waals surface area contributed by atoms with E-state index in [0.29, 0.717) is 11.3 Å². The number of carbonyl (C=O) groups excluding carboxylic acids is 2. The highest BCUT2D eigenvalue weighted by Crippen LogP contribution is 2.66. The van der Waals surface area contributed by atoms with Gasteiger partial charge in [0.25, 0.3) is 0 Å². The second-order valence-corrected chi connectivity index (χ2v) is 13.7. The van der Waals surface area contributed by atoms with Crippen LogP contribution in [-0.4, -0.2) is 75.5 Å². The number of methoxy groups -OCH3 is 1. The number of aromatic nitrogens is 1. The van der Waals surface area contributed by atoms with E-state index in [0.717, 1.165) is 11.1 Å². The van der Waals surface area contributed by atoms with Gasteiger partial charge >= 0.3 is 11.9 Å². The molecule has 10 heteroatoms. The molecule has 4 aliphatic rings. The molecular formula is C33H41NO8S. The fourth-order valence-electron chi connectivity index (χ4n) is 8.40.